The van der Waals surface area contributed by atoms with Gasteiger partial charge in [0.2, 0.25) is 0 Å². The van der Waals surface area contributed by atoms with Gasteiger partial charge in [0, 0.05) is 33.9 Å². The smallest absolute Gasteiger partial charge is 0.331 e. The Hall–Kier alpha value is -2.90. The number of carbonyl (C=O) groups is 2. The van der Waals surface area contributed by atoms with E-state index in [9.17, 15) is 19.7 Å². The monoisotopic (exact) mass is 394 g/mol. The average Bonchev–Trinajstić information content (AvgIpc) is 2.57. The van der Waals surface area contributed by atoms with Gasteiger partial charge in [-0.1, -0.05) is 23.2 Å². The van der Waals surface area contributed by atoms with E-state index in [1.165, 1.54) is 48.5 Å². The predicted octanol–water partition coefficient (Wildman–Crippen LogP) is 4.10. The number of ether oxygens (including phenoxy) is 1. The first-order valence-corrected chi connectivity index (χ1v) is 7.94. The Balaban J connectivity index is 1.83. The molecule has 0 spiro atoms. The molecule has 0 heterocycles. The first kappa shape index (κ1) is 19.4. The second kappa shape index (κ2) is 8.98. The number of carbonyl (C=O) groups excluding carboxylic acids is 2. The summed E-state index contributed by atoms with van der Waals surface area (Å²) in [6.07, 6.45) is 2.53. The normalized spacial score (nSPS) is 10.5. The second-order valence-electron chi connectivity index (χ2n) is 5.00. The number of hydrogen-bond acceptors (Lipinski definition) is 5. The number of amides is 1. The number of esters is 1. The summed E-state index contributed by atoms with van der Waals surface area (Å²) in [4.78, 5) is 33.4. The molecule has 2 aromatic carbocycles. The Bertz CT molecular complexity index is 846. The molecule has 0 bridgehead atoms. The van der Waals surface area contributed by atoms with Crippen LogP contribution in [0.1, 0.15) is 5.56 Å². The van der Waals surface area contributed by atoms with Crippen LogP contribution in [0.3, 0.4) is 0 Å². The molecule has 0 saturated carbocycles. The summed E-state index contributed by atoms with van der Waals surface area (Å²) in [6, 6.07) is 10.1. The van der Waals surface area contributed by atoms with Crippen molar-refractivity contribution in [2.75, 3.05) is 11.9 Å². The Morgan fingerprint density at radius 3 is 2.31 bits per heavy atom. The van der Waals surface area contributed by atoms with Crippen molar-refractivity contribution in [1.29, 1.82) is 0 Å². The minimum absolute atomic E-state index is 0.0532. The number of non-ortho nitro benzene ring substituents is 1. The van der Waals surface area contributed by atoms with Crippen LogP contribution < -0.4 is 5.32 Å². The van der Waals surface area contributed by atoms with Crippen LogP contribution in [-0.4, -0.2) is 23.4 Å². The van der Waals surface area contributed by atoms with Crippen LogP contribution in [0, 0.1) is 10.1 Å². The Morgan fingerprint density at radius 1 is 1.12 bits per heavy atom. The first-order valence-electron chi connectivity index (χ1n) is 7.19. The SMILES string of the molecule is O=C(COC(=O)/C=C/c1ccc([N+](=O)[O-])cc1)Nc1cc(Cl)cc(Cl)c1. The summed E-state index contributed by atoms with van der Waals surface area (Å²) < 4.78 is 4.81. The van der Waals surface area contributed by atoms with Gasteiger partial charge in [0.25, 0.3) is 11.6 Å². The predicted molar refractivity (Wildman–Crippen MR) is 98.2 cm³/mol. The van der Waals surface area contributed by atoms with Crippen molar-refractivity contribution in [2.45, 2.75) is 0 Å². The van der Waals surface area contributed by atoms with E-state index in [4.69, 9.17) is 27.9 Å². The highest BCUT2D eigenvalue weighted by atomic mass is 35.5. The summed E-state index contributed by atoms with van der Waals surface area (Å²) in [5, 5.41) is 13.8. The molecule has 0 saturated heterocycles. The molecule has 134 valence electrons. The summed E-state index contributed by atoms with van der Waals surface area (Å²) in [7, 11) is 0. The standard InChI is InChI=1S/C17H12Cl2N2O5/c18-12-7-13(19)9-14(8-12)20-16(22)10-26-17(23)6-3-11-1-4-15(5-2-11)21(24)25/h1-9H,10H2,(H,20,22)/b6-3+. The molecule has 2 rings (SSSR count). The number of anilines is 1. The van der Waals surface area contributed by atoms with Crippen molar-refractivity contribution in [2.24, 2.45) is 0 Å². The third kappa shape index (κ3) is 6.19. The summed E-state index contributed by atoms with van der Waals surface area (Å²) in [5.74, 6) is -1.29. The van der Waals surface area contributed by atoms with E-state index in [-0.39, 0.29) is 5.69 Å². The van der Waals surface area contributed by atoms with Crippen LogP contribution in [0.25, 0.3) is 6.08 Å². The minimum Gasteiger partial charge on any atom is -0.452 e. The van der Waals surface area contributed by atoms with Gasteiger partial charge in [-0.05, 0) is 42.0 Å². The summed E-state index contributed by atoms with van der Waals surface area (Å²) in [5.41, 5.74) is 0.901. The van der Waals surface area contributed by atoms with Gasteiger partial charge in [-0.3, -0.25) is 14.9 Å². The summed E-state index contributed by atoms with van der Waals surface area (Å²) >= 11 is 11.6. The van der Waals surface area contributed by atoms with E-state index < -0.39 is 23.4 Å². The van der Waals surface area contributed by atoms with Crippen molar-refractivity contribution >= 4 is 52.5 Å². The molecular formula is C17H12Cl2N2O5. The lowest BCUT2D eigenvalue weighted by atomic mass is 10.2. The fourth-order valence-corrected chi connectivity index (χ4v) is 2.41. The highest BCUT2D eigenvalue weighted by molar-refractivity contribution is 6.35. The fraction of sp³-hybridized carbons (Fsp3) is 0.0588. The number of nitro benzene ring substituents is 1. The van der Waals surface area contributed by atoms with E-state index >= 15 is 0 Å². The van der Waals surface area contributed by atoms with Gasteiger partial charge in [0.15, 0.2) is 6.61 Å². The van der Waals surface area contributed by atoms with Gasteiger partial charge in [-0.15, -0.1) is 0 Å². The van der Waals surface area contributed by atoms with Gasteiger partial charge in [-0.2, -0.15) is 0 Å². The zero-order valence-electron chi connectivity index (χ0n) is 13.1. The van der Waals surface area contributed by atoms with Gasteiger partial charge < -0.3 is 10.1 Å². The van der Waals surface area contributed by atoms with E-state index in [1.807, 2.05) is 0 Å². The lowest BCUT2D eigenvalue weighted by Crippen LogP contribution is -2.20. The molecule has 0 aliphatic rings. The molecule has 2 aromatic rings. The highest BCUT2D eigenvalue weighted by Gasteiger charge is 2.07. The number of nitrogens with zero attached hydrogens (tertiary/aromatic N) is 1. The molecule has 0 aromatic heterocycles. The minimum atomic E-state index is -0.734. The largest absolute Gasteiger partial charge is 0.452 e. The zero-order chi connectivity index (χ0) is 19.1. The molecule has 0 aliphatic carbocycles. The maximum Gasteiger partial charge on any atom is 0.331 e. The molecule has 1 N–H and O–H groups in total. The average molecular weight is 395 g/mol. The van der Waals surface area contributed by atoms with Crippen LogP contribution >= 0.6 is 23.2 Å². The number of rotatable bonds is 6. The van der Waals surface area contributed by atoms with Crippen molar-refractivity contribution in [3.05, 3.63) is 74.3 Å². The Morgan fingerprint density at radius 2 is 1.73 bits per heavy atom. The zero-order valence-corrected chi connectivity index (χ0v) is 14.7. The van der Waals surface area contributed by atoms with Crippen LogP contribution in [0.4, 0.5) is 11.4 Å². The molecule has 0 aliphatic heterocycles. The van der Waals surface area contributed by atoms with Crippen molar-refractivity contribution in [3.63, 3.8) is 0 Å². The van der Waals surface area contributed by atoms with E-state index in [1.54, 1.807) is 0 Å². The quantitative estimate of drug-likeness (QED) is 0.344. The van der Waals surface area contributed by atoms with Gasteiger partial charge in [0.1, 0.15) is 0 Å². The van der Waals surface area contributed by atoms with E-state index in [0.717, 1.165) is 6.08 Å². The number of benzene rings is 2. The molecule has 7 nitrogen and oxygen atoms in total. The molecule has 0 radical (unpaired) electrons. The Labute approximate surface area is 158 Å². The lowest BCUT2D eigenvalue weighted by molar-refractivity contribution is -0.384. The fourth-order valence-electron chi connectivity index (χ4n) is 1.88. The lowest BCUT2D eigenvalue weighted by Gasteiger charge is -2.06. The number of nitro groups is 1. The van der Waals surface area contributed by atoms with Crippen molar-refractivity contribution < 1.29 is 19.2 Å². The van der Waals surface area contributed by atoms with Gasteiger partial charge in [-0.25, -0.2) is 4.79 Å². The van der Waals surface area contributed by atoms with Crippen molar-refractivity contribution in [3.8, 4) is 0 Å². The summed E-state index contributed by atoms with van der Waals surface area (Å²) in [6.45, 7) is -0.492. The van der Waals surface area contributed by atoms with Crippen LogP contribution in [-0.2, 0) is 14.3 Å². The Kier molecular flexibility index (Phi) is 6.71. The second-order valence-corrected chi connectivity index (χ2v) is 5.87. The molecule has 0 fully saturated rings. The van der Waals surface area contributed by atoms with Crippen molar-refractivity contribution in [1.82, 2.24) is 0 Å². The van der Waals surface area contributed by atoms with Crippen LogP contribution in [0.5, 0.6) is 0 Å². The molecule has 26 heavy (non-hydrogen) atoms. The third-order valence-electron chi connectivity index (χ3n) is 3.01. The van der Waals surface area contributed by atoms with Gasteiger partial charge >= 0.3 is 5.97 Å². The highest BCUT2D eigenvalue weighted by Crippen LogP contribution is 2.22. The maximum absolute atomic E-state index is 11.8. The molecule has 0 atom stereocenters. The van der Waals surface area contributed by atoms with E-state index in [0.29, 0.717) is 21.3 Å². The molecule has 0 unspecified atom stereocenters. The van der Waals surface area contributed by atoms with Crippen LogP contribution in [0.2, 0.25) is 10.0 Å². The van der Waals surface area contributed by atoms with E-state index in [2.05, 4.69) is 5.32 Å². The first-order chi connectivity index (χ1) is 12.3. The molecule has 1 amide bonds. The molecule has 9 heteroatoms. The number of hydrogen-bond donors (Lipinski definition) is 1. The number of halogens is 2. The maximum atomic E-state index is 11.8. The van der Waals surface area contributed by atoms with Gasteiger partial charge in [0.05, 0.1) is 4.92 Å². The topological polar surface area (TPSA) is 98.5 Å². The molecular weight excluding hydrogens is 383 g/mol. The van der Waals surface area contributed by atoms with Crippen LogP contribution in [0.15, 0.2) is 48.5 Å². The number of nitrogens with one attached hydrogen (secondary N) is 1. The third-order valence-corrected chi connectivity index (χ3v) is 3.44.